The van der Waals surface area contributed by atoms with Crippen LogP contribution in [-0.4, -0.2) is 40.7 Å². The lowest BCUT2D eigenvalue weighted by atomic mass is 9.85. The minimum Gasteiger partial charge on any atom is -0.493 e. The average molecular weight is 445 g/mol. The Bertz CT molecular complexity index is 1200. The van der Waals surface area contributed by atoms with Crippen molar-refractivity contribution >= 4 is 11.7 Å². The Morgan fingerprint density at radius 1 is 1.27 bits per heavy atom. The zero-order valence-corrected chi connectivity index (χ0v) is 17.5. The van der Waals surface area contributed by atoms with E-state index in [1.165, 1.54) is 18.3 Å². The summed E-state index contributed by atoms with van der Waals surface area (Å²) < 4.78 is 25.9. The molecule has 1 N–H and O–H groups in total. The number of nitriles is 1. The normalized spacial score (nSPS) is 20.7. The lowest BCUT2D eigenvalue weighted by molar-refractivity contribution is 0.128. The fourth-order valence-corrected chi connectivity index (χ4v) is 4.45. The first-order valence-corrected chi connectivity index (χ1v) is 10.5. The highest BCUT2D eigenvalue weighted by Crippen LogP contribution is 2.47. The molecule has 2 aliphatic rings. The molecule has 3 heterocycles. The summed E-state index contributed by atoms with van der Waals surface area (Å²) in [6.07, 6.45) is 4.64. The fraction of sp³-hybridized carbons (Fsp3) is 0.250. The van der Waals surface area contributed by atoms with Crippen LogP contribution in [0.3, 0.4) is 0 Å². The number of hydrogen-bond donors (Lipinski definition) is 1. The van der Waals surface area contributed by atoms with Gasteiger partial charge in [0.15, 0.2) is 0 Å². The first kappa shape index (κ1) is 20.7. The lowest BCUT2D eigenvalue weighted by Crippen LogP contribution is -2.38. The van der Waals surface area contributed by atoms with Crippen molar-refractivity contribution in [3.05, 3.63) is 78.0 Å². The number of likely N-dealkylation sites (tertiary alicyclic amines) is 1. The van der Waals surface area contributed by atoms with Crippen LogP contribution in [0.1, 0.15) is 17.2 Å². The Hall–Kier alpha value is -4.19. The number of nitrogens with one attached hydrogen (secondary N) is 1. The maximum absolute atomic E-state index is 14.1. The summed E-state index contributed by atoms with van der Waals surface area (Å²) in [5, 5.41) is 11.9. The first-order valence-electron chi connectivity index (χ1n) is 10.5. The third-order valence-electron chi connectivity index (χ3n) is 6.01. The largest absolute Gasteiger partial charge is 0.493 e. The van der Waals surface area contributed by atoms with Gasteiger partial charge in [-0.2, -0.15) is 5.26 Å². The van der Waals surface area contributed by atoms with Crippen molar-refractivity contribution in [3.8, 4) is 17.7 Å². The minimum atomic E-state index is -0.385. The molecule has 166 valence electrons. The number of halogens is 1. The number of hydrogen-bond acceptors (Lipinski definition) is 6. The number of urea groups is 1. The van der Waals surface area contributed by atoms with E-state index in [2.05, 4.69) is 21.4 Å². The van der Waals surface area contributed by atoms with Gasteiger partial charge in [0.1, 0.15) is 11.6 Å². The summed E-state index contributed by atoms with van der Waals surface area (Å²) in [6, 6.07) is 12.4. The predicted octanol–water partition coefficient (Wildman–Crippen LogP) is 3.78. The number of fused-ring (bicyclic) bond motifs is 3. The second-order valence-corrected chi connectivity index (χ2v) is 7.99. The third-order valence-corrected chi connectivity index (χ3v) is 6.01. The van der Waals surface area contributed by atoms with E-state index in [-0.39, 0.29) is 29.7 Å². The molecule has 2 aromatic carbocycles. The maximum atomic E-state index is 14.1. The summed E-state index contributed by atoms with van der Waals surface area (Å²) in [6.45, 7) is 1.10. The van der Waals surface area contributed by atoms with Crippen molar-refractivity contribution in [1.29, 1.82) is 5.26 Å². The molecule has 0 bridgehead atoms. The summed E-state index contributed by atoms with van der Waals surface area (Å²) in [7, 11) is 0. The number of carbonyl (C=O) groups excluding carboxylic acids is 1. The standard InChI is InChI=1S/C24H20FN5O3/c25-17-3-6-21-19(9-17)23-20(14-32-21)16(13-33-22-11-27-7-8-28-22)12-30(23)24(31)29-18-4-1-15(10-26)2-5-18/h1-9,11,16,20,23H,12-14H2,(H,29,31)/t16-,20-,23-/m0/s1. The summed E-state index contributed by atoms with van der Waals surface area (Å²) in [5.74, 6) is 0.453. The van der Waals surface area contributed by atoms with E-state index in [1.54, 1.807) is 47.6 Å². The van der Waals surface area contributed by atoms with Gasteiger partial charge in [-0.15, -0.1) is 0 Å². The van der Waals surface area contributed by atoms with Gasteiger partial charge < -0.3 is 19.7 Å². The molecule has 1 saturated heterocycles. The molecule has 0 saturated carbocycles. The van der Waals surface area contributed by atoms with Gasteiger partial charge in [0.05, 0.1) is 37.1 Å². The molecule has 8 nitrogen and oxygen atoms in total. The fourth-order valence-electron chi connectivity index (χ4n) is 4.45. The van der Waals surface area contributed by atoms with Crippen LogP contribution in [0, 0.1) is 29.0 Å². The second-order valence-electron chi connectivity index (χ2n) is 7.99. The number of carbonyl (C=O) groups is 1. The molecular formula is C24H20FN5O3. The summed E-state index contributed by atoms with van der Waals surface area (Å²) in [4.78, 5) is 23.1. The van der Waals surface area contributed by atoms with Crippen LogP contribution in [0.15, 0.2) is 61.1 Å². The average Bonchev–Trinajstić information content (AvgIpc) is 3.23. The van der Waals surface area contributed by atoms with Crippen LogP contribution in [-0.2, 0) is 0 Å². The Balaban J connectivity index is 1.41. The van der Waals surface area contributed by atoms with Crippen molar-refractivity contribution < 1.29 is 18.7 Å². The van der Waals surface area contributed by atoms with E-state index in [9.17, 15) is 9.18 Å². The monoisotopic (exact) mass is 445 g/mol. The zero-order chi connectivity index (χ0) is 22.8. The highest BCUT2D eigenvalue weighted by Gasteiger charge is 2.48. The van der Waals surface area contributed by atoms with Gasteiger partial charge >= 0.3 is 6.03 Å². The quantitative estimate of drug-likeness (QED) is 0.656. The lowest BCUT2D eigenvalue weighted by Gasteiger charge is -2.34. The second kappa shape index (κ2) is 8.74. The molecule has 0 aliphatic carbocycles. The van der Waals surface area contributed by atoms with Gasteiger partial charge in [0.25, 0.3) is 0 Å². The molecule has 9 heteroatoms. The van der Waals surface area contributed by atoms with Crippen LogP contribution in [0.4, 0.5) is 14.9 Å². The van der Waals surface area contributed by atoms with Gasteiger partial charge in [0.2, 0.25) is 5.88 Å². The SMILES string of the molecule is N#Cc1ccc(NC(=O)N2C[C@@H](COc3cnccn3)[C@@H]3COc4ccc(F)cc4[C@@H]32)cc1. The van der Waals surface area contributed by atoms with Crippen LogP contribution >= 0.6 is 0 Å². The van der Waals surface area contributed by atoms with E-state index in [0.29, 0.717) is 48.2 Å². The molecule has 2 aliphatic heterocycles. The van der Waals surface area contributed by atoms with Crippen molar-refractivity contribution in [2.45, 2.75) is 6.04 Å². The third kappa shape index (κ3) is 4.15. The van der Waals surface area contributed by atoms with Gasteiger partial charge in [-0.05, 0) is 42.5 Å². The molecule has 3 aromatic rings. The Kier molecular flexibility index (Phi) is 5.48. The van der Waals surface area contributed by atoms with Crippen LogP contribution in [0.25, 0.3) is 0 Å². The first-order chi connectivity index (χ1) is 16.1. The van der Waals surface area contributed by atoms with Crippen molar-refractivity contribution in [2.75, 3.05) is 25.1 Å². The Morgan fingerprint density at radius 2 is 2.12 bits per heavy atom. The maximum Gasteiger partial charge on any atom is 0.322 e. The van der Waals surface area contributed by atoms with E-state index in [4.69, 9.17) is 14.7 Å². The molecular weight excluding hydrogens is 425 g/mol. The highest BCUT2D eigenvalue weighted by molar-refractivity contribution is 5.90. The number of aromatic nitrogens is 2. The zero-order valence-electron chi connectivity index (χ0n) is 17.5. The predicted molar refractivity (Wildman–Crippen MR) is 116 cm³/mol. The number of nitrogens with zero attached hydrogens (tertiary/aromatic N) is 4. The van der Waals surface area contributed by atoms with E-state index >= 15 is 0 Å². The molecule has 3 atom stereocenters. The number of amides is 2. The molecule has 1 fully saturated rings. The van der Waals surface area contributed by atoms with E-state index < -0.39 is 0 Å². The molecule has 0 unspecified atom stereocenters. The van der Waals surface area contributed by atoms with Crippen molar-refractivity contribution in [2.24, 2.45) is 11.8 Å². The van der Waals surface area contributed by atoms with E-state index in [1.807, 2.05) is 0 Å². The molecule has 0 spiro atoms. The van der Waals surface area contributed by atoms with Gasteiger partial charge in [-0.25, -0.2) is 14.2 Å². The molecule has 5 rings (SSSR count). The Morgan fingerprint density at radius 3 is 2.88 bits per heavy atom. The van der Waals surface area contributed by atoms with Crippen molar-refractivity contribution in [3.63, 3.8) is 0 Å². The number of benzene rings is 2. The van der Waals surface area contributed by atoms with Gasteiger partial charge in [0, 0.05) is 42.0 Å². The van der Waals surface area contributed by atoms with Gasteiger partial charge in [-0.3, -0.25) is 4.98 Å². The highest BCUT2D eigenvalue weighted by atomic mass is 19.1. The van der Waals surface area contributed by atoms with Crippen molar-refractivity contribution in [1.82, 2.24) is 14.9 Å². The summed E-state index contributed by atoms with van der Waals surface area (Å²) in [5.41, 5.74) is 1.72. The molecule has 33 heavy (non-hydrogen) atoms. The minimum absolute atomic E-state index is 0.0554. The molecule has 0 radical (unpaired) electrons. The number of rotatable bonds is 4. The topological polar surface area (TPSA) is 100 Å². The number of anilines is 1. The smallest absolute Gasteiger partial charge is 0.322 e. The molecule has 1 aromatic heterocycles. The van der Waals surface area contributed by atoms with Crippen LogP contribution in [0.5, 0.6) is 11.6 Å². The van der Waals surface area contributed by atoms with Gasteiger partial charge in [-0.1, -0.05) is 0 Å². The van der Waals surface area contributed by atoms with Crippen LogP contribution < -0.4 is 14.8 Å². The van der Waals surface area contributed by atoms with E-state index in [0.717, 1.165) is 0 Å². The summed E-state index contributed by atoms with van der Waals surface area (Å²) >= 11 is 0. The Labute approximate surface area is 189 Å². The number of ether oxygens (including phenoxy) is 2. The molecule has 2 amide bonds. The van der Waals surface area contributed by atoms with Crippen LogP contribution in [0.2, 0.25) is 0 Å².